The minimum Gasteiger partial charge on any atom is -0.350 e. The topological polar surface area (TPSA) is 41.1 Å². The lowest BCUT2D eigenvalue weighted by Gasteiger charge is -2.39. The summed E-state index contributed by atoms with van der Waals surface area (Å²) in [5.74, 6) is 0.959. The fraction of sp³-hybridized carbons (Fsp3) is 0.929. The van der Waals surface area contributed by atoms with Crippen LogP contribution in [0.3, 0.4) is 0 Å². The molecule has 1 aliphatic heterocycles. The van der Waals surface area contributed by atoms with E-state index in [1.54, 1.807) is 0 Å². The van der Waals surface area contributed by atoms with Gasteiger partial charge in [-0.25, -0.2) is 0 Å². The Labute approximate surface area is 105 Å². The molecule has 98 valence electrons. The molecule has 17 heavy (non-hydrogen) atoms. The van der Waals surface area contributed by atoms with Crippen LogP contribution in [0.15, 0.2) is 0 Å². The Bertz CT molecular complexity index is 289. The van der Waals surface area contributed by atoms with Gasteiger partial charge in [0.05, 0.1) is 5.41 Å². The highest BCUT2D eigenvalue weighted by molar-refractivity contribution is 5.83. The van der Waals surface area contributed by atoms with Gasteiger partial charge in [0.25, 0.3) is 0 Å². The molecule has 1 amide bonds. The molecule has 1 heterocycles. The van der Waals surface area contributed by atoms with E-state index in [4.69, 9.17) is 0 Å². The highest BCUT2D eigenvalue weighted by Gasteiger charge is 2.44. The summed E-state index contributed by atoms with van der Waals surface area (Å²) in [5.41, 5.74) is -0.179. The molecule has 3 nitrogen and oxygen atoms in total. The third kappa shape index (κ3) is 2.65. The quantitative estimate of drug-likeness (QED) is 0.787. The molecule has 0 aromatic carbocycles. The summed E-state index contributed by atoms with van der Waals surface area (Å²) < 4.78 is 0. The van der Waals surface area contributed by atoms with Crippen molar-refractivity contribution in [3.05, 3.63) is 0 Å². The Morgan fingerprint density at radius 1 is 1.47 bits per heavy atom. The van der Waals surface area contributed by atoms with Gasteiger partial charge in [-0.2, -0.15) is 0 Å². The lowest BCUT2D eigenvalue weighted by atomic mass is 9.76. The largest absolute Gasteiger partial charge is 0.350 e. The van der Waals surface area contributed by atoms with E-state index < -0.39 is 0 Å². The first kappa shape index (κ1) is 12.9. The third-order valence-corrected chi connectivity index (χ3v) is 4.66. The number of amides is 1. The smallest absolute Gasteiger partial charge is 0.227 e. The van der Waals surface area contributed by atoms with Crippen molar-refractivity contribution in [3.63, 3.8) is 0 Å². The van der Waals surface area contributed by atoms with Gasteiger partial charge in [-0.3, -0.25) is 4.79 Å². The molecular formula is C14H26N2O. The third-order valence-electron chi connectivity index (χ3n) is 4.66. The number of hydrogen-bond donors (Lipinski definition) is 2. The Morgan fingerprint density at radius 3 is 2.65 bits per heavy atom. The van der Waals surface area contributed by atoms with E-state index in [9.17, 15) is 4.79 Å². The summed E-state index contributed by atoms with van der Waals surface area (Å²) in [4.78, 5) is 12.5. The predicted octanol–water partition coefficient (Wildman–Crippen LogP) is 2.07. The fourth-order valence-electron chi connectivity index (χ4n) is 2.96. The maximum absolute atomic E-state index is 12.5. The van der Waals surface area contributed by atoms with Crippen LogP contribution in [0.1, 0.15) is 52.9 Å². The van der Waals surface area contributed by atoms with Crippen LogP contribution in [0.4, 0.5) is 0 Å². The molecule has 0 aromatic heterocycles. The van der Waals surface area contributed by atoms with Gasteiger partial charge in [0.15, 0.2) is 0 Å². The van der Waals surface area contributed by atoms with Gasteiger partial charge in [0.1, 0.15) is 0 Å². The zero-order valence-corrected chi connectivity index (χ0v) is 11.4. The Hall–Kier alpha value is -0.570. The van der Waals surface area contributed by atoms with E-state index in [2.05, 4.69) is 31.4 Å². The SMILES string of the molecule is CCC1(C(=O)NC(C)(C)C2CC2)CCCNC1. The number of carbonyl (C=O) groups excluding carboxylic acids is 1. The van der Waals surface area contributed by atoms with Crippen LogP contribution >= 0.6 is 0 Å². The summed E-state index contributed by atoms with van der Waals surface area (Å²) in [6, 6.07) is 0. The van der Waals surface area contributed by atoms with Gasteiger partial charge in [0.2, 0.25) is 5.91 Å². The van der Waals surface area contributed by atoms with Crippen molar-refractivity contribution >= 4 is 5.91 Å². The highest BCUT2D eigenvalue weighted by Crippen LogP contribution is 2.40. The lowest BCUT2D eigenvalue weighted by Crippen LogP contribution is -2.56. The number of nitrogens with one attached hydrogen (secondary N) is 2. The minimum absolute atomic E-state index is 0.0172. The fourth-order valence-corrected chi connectivity index (χ4v) is 2.96. The molecule has 1 atom stereocenters. The maximum atomic E-state index is 12.5. The van der Waals surface area contributed by atoms with E-state index in [-0.39, 0.29) is 16.9 Å². The molecule has 2 rings (SSSR count). The van der Waals surface area contributed by atoms with Crippen LogP contribution in [0, 0.1) is 11.3 Å². The molecular weight excluding hydrogens is 212 g/mol. The highest BCUT2D eigenvalue weighted by atomic mass is 16.2. The summed E-state index contributed by atoms with van der Waals surface area (Å²) in [6.07, 6.45) is 5.62. The number of carbonyl (C=O) groups is 1. The normalized spacial score (nSPS) is 30.1. The van der Waals surface area contributed by atoms with Crippen molar-refractivity contribution in [2.75, 3.05) is 13.1 Å². The second kappa shape index (κ2) is 4.60. The van der Waals surface area contributed by atoms with E-state index >= 15 is 0 Å². The van der Waals surface area contributed by atoms with E-state index in [1.165, 1.54) is 12.8 Å². The summed E-state index contributed by atoms with van der Waals surface area (Å²) in [7, 11) is 0. The van der Waals surface area contributed by atoms with E-state index in [0.717, 1.165) is 32.4 Å². The second-order valence-corrected chi connectivity index (χ2v) is 6.36. The molecule has 3 heteroatoms. The van der Waals surface area contributed by atoms with Gasteiger partial charge in [-0.1, -0.05) is 6.92 Å². The lowest BCUT2D eigenvalue weighted by molar-refractivity contribution is -0.134. The van der Waals surface area contributed by atoms with Crippen molar-refractivity contribution < 1.29 is 4.79 Å². The second-order valence-electron chi connectivity index (χ2n) is 6.36. The van der Waals surface area contributed by atoms with Crippen molar-refractivity contribution in [1.29, 1.82) is 0 Å². The van der Waals surface area contributed by atoms with Crippen LogP contribution in [-0.4, -0.2) is 24.5 Å². The molecule has 0 radical (unpaired) electrons. The van der Waals surface area contributed by atoms with Crippen LogP contribution in [0.2, 0.25) is 0 Å². The zero-order valence-electron chi connectivity index (χ0n) is 11.4. The first-order chi connectivity index (χ1) is 8.00. The first-order valence-electron chi connectivity index (χ1n) is 7.03. The molecule has 2 fully saturated rings. The van der Waals surface area contributed by atoms with Crippen LogP contribution in [0.25, 0.3) is 0 Å². The van der Waals surface area contributed by atoms with Crippen molar-refractivity contribution in [1.82, 2.24) is 10.6 Å². The molecule has 0 aromatic rings. The average molecular weight is 238 g/mol. The summed E-state index contributed by atoms with van der Waals surface area (Å²) in [6.45, 7) is 8.37. The van der Waals surface area contributed by atoms with Gasteiger partial charge in [-0.15, -0.1) is 0 Å². The zero-order chi connectivity index (χ0) is 12.5. The monoisotopic (exact) mass is 238 g/mol. The molecule has 2 aliphatic rings. The van der Waals surface area contributed by atoms with Crippen molar-refractivity contribution in [2.24, 2.45) is 11.3 Å². The molecule has 1 aliphatic carbocycles. The number of rotatable bonds is 4. The molecule has 2 N–H and O–H groups in total. The van der Waals surface area contributed by atoms with Crippen LogP contribution in [0.5, 0.6) is 0 Å². The van der Waals surface area contributed by atoms with Crippen molar-refractivity contribution in [3.8, 4) is 0 Å². The van der Waals surface area contributed by atoms with E-state index in [1.807, 2.05) is 0 Å². The van der Waals surface area contributed by atoms with Gasteiger partial charge >= 0.3 is 0 Å². The summed E-state index contributed by atoms with van der Waals surface area (Å²) in [5, 5.41) is 6.68. The van der Waals surface area contributed by atoms with Gasteiger partial charge < -0.3 is 10.6 Å². The van der Waals surface area contributed by atoms with Crippen molar-refractivity contribution in [2.45, 2.75) is 58.4 Å². The van der Waals surface area contributed by atoms with Crippen LogP contribution in [-0.2, 0) is 4.79 Å². The molecule has 1 saturated heterocycles. The predicted molar refractivity (Wildman–Crippen MR) is 69.8 cm³/mol. The van der Waals surface area contributed by atoms with Gasteiger partial charge in [-0.05, 0) is 58.4 Å². The van der Waals surface area contributed by atoms with Crippen LogP contribution < -0.4 is 10.6 Å². The Kier molecular flexibility index (Phi) is 3.48. The first-order valence-corrected chi connectivity index (χ1v) is 7.03. The van der Waals surface area contributed by atoms with E-state index in [0.29, 0.717) is 5.92 Å². The number of hydrogen-bond acceptors (Lipinski definition) is 2. The number of piperidine rings is 1. The summed E-state index contributed by atoms with van der Waals surface area (Å²) >= 11 is 0. The molecule has 1 saturated carbocycles. The molecule has 0 spiro atoms. The molecule has 0 bridgehead atoms. The Balaban J connectivity index is 2.01. The standard InChI is InChI=1S/C14H26N2O/c1-4-14(8-5-9-15-10-14)12(17)16-13(2,3)11-6-7-11/h11,15H,4-10H2,1-3H3,(H,16,17). The maximum Gasteiger partial charge on any atom is 0.227 e. The molecule has 1 unspecified atom stereocenters. The average Bonchev–Trinajstić information content (AvgIpc) is 3.13. The van der Waals surface area contributed by atoms with Gasteiger partial charge in [0, 0.05) is 12.1 Å². The Morgan fingerprint density at radius 2 is 2.18 bits per heavy atom. The minimum atomic E-state index is -0.162.